The summed E-state index contributed by atoms with van der Waals surface area (Å²) in [6.45, 7) is 6.35. The lowest BCUT2D eigenvalue weighted by Gasteiger charge is -2.14. The van der Waals surface area contributed by atoms with Gasteiger partial charge in [0.2, 0.25) is 5.91 Å². The quantitative estimate of drug-likeness (QED) is 0.460. The molecule has 2 aromatic heterocycles. The van der Waals surface area contributed by atoms with Gasteiger partial charge in [-0.15, -0.1) is 0 Å². The second-order valence-electron chi connectivity index (χ2n) is 6.88. The summed E-state index contributed by atoms with van der Waals surface area (Å²) in [6.07, 6.45) is 0. The average Bonchev–Trinajstić information content (AvgIpc) is 2.99. The van der Waals surface area contributed by atoms with Crippen molar-refractivity contribution in [3.8, 4) is 0 Å². The predicted octanol–water partition coefficient (Wildman–Crippen LogP) is 4.21. The number of hydrogen-bond acceptors (Lipinski definition) is 4. The molecular weight excluding hydrogens is 403 g/mol. The number of fused-ring (bicyclic) bond motifs is 1. The van der Waals surface area contributed by atoms with E-state index in [2.05, 4.69) is 15.3 Å². The van der Waals surface area contributed by atoms with Crippen molar-refractivity contribution in [2.45, 2.75) is 32.5 Å². The van der Waals surface area contributed by atoms with Gasteiger partial charge in [-0.05, 0) is 37.1 Å². The first kappa shape index (κ1) is 20.4. The van der Waals surface area contributed by atoms with Crippen molar-refractivity contribution in [1.29, 1.82) is 0 Å². The highest BCUT2D eigenvalue weighted by Gasteiger charge is 2.16. The number of H-pyrrole nitrogens is 1. The predicted molar refractivity (Wildman–Crippen MR) is 111 cm³/mol. The molecule has 0 aliphatic rings. The Kier molecular flexibility index (Phi) is 6.10. The van der Waals surface area contributed by atoms with E-state index < -0.39 is 5.82 Å². The molecule has 0 fully saturated rings. The van der Waals surface area contributed by atoms with Gasteiger partial charge in [0.05, 0.1) is 22.0 Å². The maximum Gasteiger partial charge on any atom is 0.278 e. The van der Waals surface area contributed by atoms with Crippen molar-refractivity contribution in [3.63, 3.8) is 0 Å². The molecule has 9 heteroatoms. The standard InChI is InChI=1S/C19H20ClFN4O2S/c1-10(2)8-25-18(27)17-15(6-11(3)22-17)24-19(25)28-9-16(26)23-14-7-12(21)4-5-13(14)20/h4-7,10,22H,8-9H2,1-3H3,(H,23,26). The minimum Gasteiger partial charge on any atom is -0.353 e. The number of amides is 1. The normalized spacial score (nSPS) is 11.4. The second kappa shape index (κ2) is 8.36. The zero-order valence-electron chi connectivity index (χ0n) is 15.7. The molecule has 0 radical (unpaired) electrons. The molecule has 0 aliphatic carbocycles. The van der Waals surface area contributed by atoms with Gasteiger partial charge in [0.1, 0.15) is 11.3 Å². The van der Waals surface area contributed by atoms with Crippen LogP contribution in [0.5, 0.6) is 0 Å². The molecule has 0 saturated heterocycles. The van der Waals surface area contributed by atoms with Crippen LogP contribution in [0.3, 0.4) is 0 Å². The number of aromatic amines is 1. The SMILES string of the molecule is Cc1cc2nc(SCC(=O)Nc3cc(F)ccc3Cl)n(CC(C)C)c(=O)c2[nH]1. The highest BCUT2D eigenvalue weighted by Crippen LogP contribution is 2.24. The van der Waals surface area contributed by atoms with Gasteiger partial charge in [-0.25, -0.2) is 9.37 Å². The average molecular weight is 423 g/mol. The third kappa shape index (κ3) is 4.56. The topological polar surface area (TPSA) is 79.8 Å². The zero-order chi connectivity index (χ0) is 20.4. The number of hydrogen-bond donors (Lipinski definition) is 2. The highest BCUT2D eigenvalue weighted by atomic mass is 35.5. The maximum absolute atomic E-state index is 13.4. The van der Waals surface area contributed by atoms with Gasteiger partial charge >= 0.3 is 0 Å². The van der Waals surface area contributed by atoms with E-state index in [1.54, 1.807) is 10.6 Å². The third-order valence-electron chi connectivity index (χ3n) is 3.92. The molecule has 0 atom stereocenters. The molecule has 6 nitrogen and oxygen atoms in total. The minimum atomic E-state index is -0.493. The van der Waals surface area contributed by atoms with Crippen LogP contribution in [0.1, 0.15) is 19.5 Å². The van der Waals surface area contributed by atoms with Gasteiger partial charge in [-0.2, -0.15) is 0 Å². The Morgan fingerprint density at radius 3 is 2.86 bits per heavy atom. The van der Waals surface area contributed by atoms with E-state index in [9.17, 15) is 14.0 Å². The lowest BCUT2D eigenvalue weighted by Crippen LogP contribution is -2.26. The van der Waals surface area contributed by atoms with E-state index in [1.807, 2.05) is 20.8 Å². The highest BCUT2D eigenvalue weighted by molar-refractivity contribution is 7.99. The van der Waals surface area contributed by atoms with Gasteiger partial charge in [-0.1, -0.05) is 37.2 Å². The van der Waals surface area contributed by atoms with Crippen LogP contribution in [0.4, 0.5) is 10.1 Å². The van der Waals surface area contributed by atoms with E-state index in [0.717, 1.165) is 23.5 Å². The van der Waals surface area contributed by atoms with Crippen LogP contribution in [-0.4, -0.2) is 26.2 Å². The summed E-state index contributed by atoms with van der Waals surface area (Å²) in [4.78, 5) is 32.7. The number of aromatic nitrogens is 3. The van der Waals surface area contributed by atoms with Gasteiger partial charge in [0, 0.05) is 12.2 Å². The Morgan fingerprint density at radius 2 is 2.14 bits per heavy atom. The number of benzene rings is 1. The van der Waals surface area contributed by atoms with E-state index in [1.165, 1.54) is 12.1 Å². The molecule has 0 unspecified atom stereocenters. The van der Waals surface area contributed by atoms with E-state index >= 15 is 0 Å². The molecule has 0 spiro atoms. The van der Waals surface area contributed by atoms with Crippen LogP contribution in [0.25, 0.3) is 11.0 Å². The van der Waals surface area contributed by atoms with Gasteiger partial charge in [0.15, 0.2) is 5.16 Å². The van der Waals surface area contributed by atoms with Crippen molar-refractivity contribution >= 4 is 46.0 Å². The molecule has 1 amide bonds. The van der Waals surface area contributed by atoms with Crippen LogP contribution in [0.2, 0.25) is 5.02 Å². The van der Waals surface area contributed by atoms with Crippen LogP contribution >= 0.6 is 23.4 Å². The van der Waals surface area contributed by atoms with Gasteiger partial charge < -0.3 is 10.3 Å². The molecule has 3 aromatic rings. The Morgan fingerprint density at radius 1 is 1.39 bits per heavy atom. The smallest absolute Gasteiger partial charge is 0.278 e. The maximum atomic E-state index is 13.4. The number of halogens is 2. The first-order valence-electron chi connectivity index (χ1n) is 8.72. The Bertz CT molecular complexity index is 1090. The fourth-order valence-electron chi connectivity index (χ4n) is 2.76. The number of carbonyl (C=O) groups excluding carboxylic acids is 1. The zero-order valence-corrected chi connectivity index (χ0v) is 17.2. The number of anilines is 1. The Hall–Kier alpha value is -2.32. The Balaban J connectivity index is 1.83. The lowest BCUT2D eigenvalue weighted by atomic mass is 10.2. The van der Waals surface area contributed by atoms with E-state index in [0.29, 0.717) is 22.7 Å². The number of rotatable bonds is 6. The van der Waals surface area contributed by atoms with E-state index in [-0.39, 0.29) is 33.8 Å². The van der Waals surface area contributed by atoms with Gasteiger partial charge in [-0.3, -0.25) is 14.2 Å². The number of thioether (sulfide) groups is 1. The fourth-order valence-corrected chi connectivity index (χ4v) is 3.73. The molecule has 0 bridgehead atoms. The monoisotopic (exact) mass is 422 g/mol. The van der Waals surface area contributed by atoms with Crippen LogP contribution in [-0.2, 0) is 11.3 Å². The summed E-state index contributed by atoms with van der Waals surface area (Å²) in [5, 5.41) is 3.30. The van der Waals surface area contributed by atoms with Crippen molar-refractivity contribution in [3.05, 3.63) is 51.2 Å². The summed E-state index contributed by atoms with van der Waals surface area (Å²) in [6, 6.07) is 5.55. The second-order valence-corrected chi connectivity index (χ2v) is 8.23. The molecule has 1 aromatic carbocycles. The minimum absolute atomic E-state index is 0.00624. The van der Waals surface area contributed by atoms with Crippen molar-refractivity contribution < 1.29 is 9.18 Å². The molecular formula is C19H20ClFN4O2S. The number of aryl methyl sites for hydroxylation is 1. The first-order chi connectivity index (χ1) is 13.2. The van der Waals surface area contributed by atoms with Crippen molar-refractivity contribution in [1.82, 2.24) is 14.5 Å². The molecule has 28 heavy (non-hydrogen) atoms. The van der Waals surface area contributed by atoms with E-state index in [4.69, 9.17) is 11.6 Å². The molecule has 3 rings (SSSR count). The summed E-state index contributed by atoms with van der Waals surface area (Å²) < 4.78 is 14.9. The fraction of sp³-hybridized carbons (Fsp3) is 0.316. The summed E-state index contributed by atoms with van der Waals surface area (Å²) >= 11 is 7.13. The van der Waals surface area contributed by atoms with Crippen molar-refractivity contribution in [2.75, 3.05) is 11.1 Å². The first-order valence-corrected chi connectivity index (χ1v) is 10.1. The molecule has 2 N–H and O–H groups in total. The number of carbonyl (C=O) groups is 1. The largest absolute Gasteiger partial charge is 0.353 e. The molecule has 148 valence electrons. The number of nitrogens with zero attached hydrogens (tertiary/aromatic N) is 2. The third-order valence-corrected chi connectivity index (χ3v) is 5.23. The van der Waals surface area contributed by atoms with Crippen LogP contribution < -0.4 is 10.9 Å². The summed E-state index contributed by atoms with van der Waals surface area (Å²) in [5.74, 6) is -0.625. The summed E-state index contributed by atoms with van der Waals surface area (Å²) in [7, 11) is 0. The lowest BCUT2D eigenvalue weighted by molar-refractivity contribution is -0.113. The van der Waals surface area contributed by atoms with Crippen molar-refractivity contribution in [2.24, 2.45) is 5.92 Å². The molecule has 2 heterocycles. The van der Waals surface area contributed by atoms with Gasteiger partial charge in [0.25, 0.3) is 5.56 Å². The van der Waals surface area contributed by atoms with Crippen LogP contribution in [0, 0.1) is 18.7 Å². The number of nitrogens with one attached hydrogen (secondary N) is 2. The Labute approximate surface area is 170 Å². The molecule has 0 saturated carbocycles. The summed E-state index contributed by atoms with van der Waals surface area (Å²) in [5.41, 5.74) is 1.91. The van der Waals surface area contributed by atoms with Crippen LogP contribution in [0.15, 0.2) is 34.2 Å². The molecule has 0 aliphatic heterocycles.